The molecule has 0 amide bonds. The highest BCUT2D eigenvalue weighted by molar-refractivity contribution is 4.96. The molecular formula is C17H35N. The summed E-state index contributed by atoms with van der Waals surface area (Å²) in [6, 6.07) is 0.478. The predicted molar refractivity (Wildman–Crippen MR) is 81.8 cm³/mol. The van der Waals surface area contributed by atoms with Gasteiger partial charge in [-0.05, 0) is 24.7 Å². The van der Waals surface area contributed by atoms with Crippen LogP contribution in [0.25, 0.3) is 0 Å². The lowest BCUT2D eigenvalue weighted by Crippen LogP contribution is -2.29. The van der Waals surface area contributed by atoms with Crippen molar-refractivity contribution >= 4 is 0 Å². The molecule has 1 atom stereocenters. The smallest absolute Gasteiger partial charge is 0.00929 e. The van der Waals surface area contributed by atoms with Crippen molar-refractivity contribution in [2.24, 2.45) is 11.1 Å². The molecule has 0 heterocycles. The highest BCUT2D eigenvalue weighted by atomic mass is 14.7. The molecule has 0 aromatic heterocycles. The van der Waals surface area contributed by atoms with E-state index in [1.165, 1.54) is 83.5 Å². The zero-order valence-corrected chi connectivity index (χ0v) is 12.8. The number of unbranched alkanes of at least 4 members (excludes halogenated alkanes) is 9. The molecule has 0 spiro atoms. The highest BCUT2D eigenvalue weighted by Crippen LogP contribution is 2.48. The minimum Gasteiger partial charge on any atom is -0.327 e. The van der Waals surface area contributed by atoms with Crippen LogP contribution < -0.4 is 5.73 Å². The van der Waals surface area contributed by atoms with Gasteiger partial charge in [0.2, 0.25) is 0 Å². The van der Waals surface area contributed by atoms with E-state index >= 15 is 0 Å². The molecule has 0 bridgehead atoms. The van der Waals surface area contributed by atoms with Crippen LogP contribution in [-0.4, -0.2) is 6.04 Å². The minimum absolute atomic E-state index is 0.478. The molecule has 108 valence electrons. The second-order valence-electron chi connectivity index (χ2n) is 6.73. The Labute approximate surface area is 115 Å². The van der Waals surface area contributed by atoms with Crippen molar-refractivity contribution in [3.8, 4) is 0 Å². The molecule has 2 N–H and O–H groups in total. The SMILES string of the molecule is CCCCCCCCCCCCC(N)C1(C)CC1. The van der Waals surface area contributed by atoms with Crippen molar-refractivity contribution < 1.29 is 0 Å². The second-order valence-corrected chi connectivity index (χ2v) is 6.73. The Morgan fingerprint density at radius 3 is 1.72 bits per heavy atom. The molecule has 1 nitrogen and oxygen atoms in total. The van der Waals surface area contributed by atoms with Gasteiger partial charge in [-0.1, -0.05) is 78.1 Å². The number of rotatable bonds is 12. The Morgan fingerprint density at radius 2 is 1.28 bits per heavy atom. The zero-order valence-electron chi connectivity index (χ0n) is 12.8. The van der Waals surface area contributed by atoms with Gasteiger partial charge in [-0.15, -0.1) is 0 Å². The van der Waals surface area contributed by atoms with Crippen LogP contribution in [0.4, 0.5) is 0 Å². The largest absolute Gasteiger partial charge is 0.327 e. The van der Waals surface area contributed by atoms with Gasteiger partial charge in [0.05, 0.1) is 0 Å². The van der Waals surface area contributed by atoms with E-state index in [0.29, 0.717) is 11.5 Å². The van der Waals surface area contributed by atoms with Crippen LogP contribution >= 0.6 is 0 Å². The summed E-state index contributed by atoms with van der Waals surface area (Å²) in [5.74, 6) is 0. The highest BCUT2D eigenvalue weighted by Gasteiger charge is 2.42. The summed E-state index contributed by atoms with van der Waals surface area (Å²) in [4.78, 5) is 0. The first-order valence-electron chi connectivity index (χ1n) is 8.44. The summed E-state index contributed by atoms with van der Waals surface area (Å²) >= 11 is 0. The molecule has 0 aromatic carbocycles. The van der Waals surface area contributed by atoms with E-state index in [4.69, 9.17) is 5.73 Å². The fourth-order valence-electron chi connectivity index (χ4n) is 2.77. The van der Waals surface area contributed by atoms with Crippen molar-refractivity contribution in [3.05, 3.63) is 0 Å². The Kier molecular flexibility index (Phi) is 7.97. The maximum absolute atomic E-state index is 6.22. The zero-order chi connectivity index (χ0) is 13.3. The molecule has 1 saturated carbocycles. The molecule has 0 radical (unpaired) electrons. The van der Waals surface area contributed by atoms with Gasteiger partial charge in [0.15, 0.2) is 0 Å². The summed E-state index contributed by atoms with van der Waals surface area (Å²) in [5.41, 5.74) is 6.75. The van der Waals surface area contributed by atoms with Crippen LogP contribution in [0.15, 0.2) is 0 Å². The summed E-state index contributed by atoms with van der Waals surface area (Å²) in [6.07, 6.45) is 18.2. The molecule has 0 saturated heterocycles. The van der Waals surface area contributed by atoms with Gasteiger partial charge in [0.1, 0.15) is 0 Å². The van der Waals surface area contributed by atoms with E-state index in [-0.39, 0.29) is 0 Å². The van der Waals surface area contributed by atoms with Gasteiger partial charge in [0, 0.05) is 6.04 Å². The van der Waals surface area contributed by atoms with Gasteiger partial charge < -0.3 is 5.73 Å². The quantitative estimate of drug-likeness (QED) is 0.461. The van der Waals surface area contributed by atoms with Gasteiger partial charge in [-0.2, -0.15) is 0 Å². The monoisotopic (exact) mass is 253 g/mol. The van der Waals surface area contributed by atoms with Crippen molar-refractivity contribution in [2.75, 3.05) is 0 Å². The van der Waals surface area contributed by atoms with E-state index in [9.17, 15) is 0 Å². The van der Waals surface area contributed by atoms with E-state index in [2.05, 4.69) is 13.8 Å². The van der Waals surface area contributed by atoms with Crippen LogP contribution in [0.3, 0.4) is 0 Å². The topological polar surface area (TPSA) is 26.0 Å². The minimum atomic E-state index is 0.478. The van der Waals surface area contributed by atoms with Gasteiger partial charge in [0.25, 0.3) is 0 Å². The predicted octanol–water partition coefficient (Wildman–Crippen LogP) is 5.42. The van der Waals surface area contributed by atoms with Crippen molar-refractivity contribution in [3.63, 3.8) is 0 Å². The Morgan fingerprint density at radius 1 is 0.833 bits per heavy atom. The summed E-state index contributed by atoms with van der Waals surface area (Å²) in [7, 11) is 0. The van der Waals surface area contributed by atoms with Gasteiger partial charge in [-0.3, -0.25) is 0 Å². The summed E-state index contributed by atoms with van der Waals surface area (Å²) in [6.45, 7) is 4.64. The third-order valence-corrected chi connectivity index (χ3v) is 4.80. The van der Waals surface area contributed by atoms with Crippen LogP contribution in [0, 0.1) is 5.41 Å². The molecule has 1 aliphatic rings. The maximum Gasteiger partial charge on any atom is 0.00929 e. The van der Waals surface area contributed by atoms with Crippen molar-refractivity contribution in [2.45, 2.75) is 103 Å². The van der Waals surface area contributed by atoms with Crippen LogP contribution in [0.2, 0.25) is 0 Å². The molecule has 1 heteroatoms. The molecule has 0 aromatic rings. The summed E-state index contributed by atoms with van der Waals surface area (Å²) in [5, 5.41) is 0. The fraction of sp³-hybridized carbons (Fsp3) is 1.00. The first-order chi connectivity index (χ1) is 8.69. The van der Waals surface area contributed by atoms with E-state index < -0.39 is 0 Å². The Bertz CT molecular complexity index is 196. The molecule has 1 rings (SSSR count). The lowest BCUT2D eigenvalue weighted by molar-refractivity contribution is 0.394. The molecule has 1 unspecified atom stereocenters. The Hall–Kier alpha value is -0.0400. The number of nitrogens with two attached hydrogens (primary N) is 1. The lowest BCUT2D eigenvalue weighted by atomic mass is 9.94. The lowest BCUT2D eigenvalue weighted by Gasteiger charge is -2.18. The molecule has 1 aliphatic carbocycles. The van der Waals surface area contributed by atoms with Crippen LogP contribution in [0.5, 0.6) is 0 Å². The standard InChI is InChI=1S/C17H35N/c1-3-4-5-6-7-8-9-10-11-12-13-16(18)17(2)14-15-17/h16H,3-15,18H2,1-2H3. The average molecular weight is 253 g/mol. The first kappa shape index (κ1) is 16.0. The molecule has 0 aliphatic heterocycles. The van der Waals surface area contributed by atoms with E-state index in [1.807, 2.05) is 0 Å². The second kappa shape index (κ2) is 8.96. The fourth-order valence-corrected chi connectivity index (χ4v) is 2.77. The van der Waals surface area contributed by atoms with Crippen molar-refractivity contribution in [1.29, 1.82) is 0 Å². The van der Waals surface area contributed by atoms with Crippen LogP contribution in [-0.2, 0) is 0 Å². The van der Waals surface area contributed by atoms with Gasteiger partial charge >= 0.3 is 0 Å². The molecular weight excluding hydrogens is 218 g/mol. The van der Waals surface area contributed by atoms with Crippen molar-refractivity contribution in [1.82, 2.24) is 0 Å². The first-order valence-corrected chi connectivity index (χ1v) is 8.44. The average Bonchev–Trinajstić information content (AvgIpc) is 3.11. The van der Waals surface area contributed by atoms with E-state index in [0.717, 1.165) is 0 Å². The number of hydrogen-bond acceptors (Lipinski definition) is 1. The normalized spacial score (nSPS) is 18.8. The van der Waals surface area contributed by atoms with E-state index in [1.54, 1.807) is 0 Å². The molecule has 1 fully saturated rings. The Balaban J connectivity index is 1.76. The number of hydrogen-bond donors (Lipinski definition) is 1. The third-order valence-electron chi connectivity index (χ3n) is 4.80. The summed E-state index contributed by atoms with van der Waals surface area (Å²) < 4.78 is 0. The third kappa shape index (κ3) is 6.78. The molecule has 18 heavy (non-hydrogen) atoms. The van der Waals surface area contributed by atoms with Gasteiger partial charge in [-0.25, -0.2) is 0 Å². The van der Waals surface area contributed by atoms with Crippen LogP contribution in [0.1, 0.15) is 97.3 Å². The maximum atomic E-state index is 6.22.